The summed E-state index contributed by atoms with van der Waals surface area (Å²) in [6.45, 7) is 7.40. The van der Waals surface area contributed by atoms with E-state index >= 15 is 0 Å². The fourth-order valence-electron chi connectivity index (χ4n) is 2.49. The highest BCUT2D eigenvalue weighted by atomic mass is 32.2. The summed E-state index contributed by atoms with van der Waals surface area (Å²) in [5, 5.41) is -0.487. The van der Waals surface area contributed by atoms with Gasteiger partial charge >= 0.3 is 0 Å². The molecular weight excluding hydrogens is 314 g/mol. The van der Waals surface area contributed by atoms with Crippen LogP contribution in [0.3, 0.4) is 0 Å². The molecule has 0 aromatic heterocycles. The molecule has 0 N–H and O–H groups in total. The molecule has 1 atom stereocenters. The Morgan fingerprint density at radius 3 is 2.43 bits per heavy atom. The predicted molar refractivity (Wildman–Crippen MR) is 91.3 cm³/mol. The first kappa shape index (κ1) is 17.7. The van der Waals surface area contributed by atoms with Gasteiger partial charge in [-0.05, 0) is 44.4 Å². The van der Waals surface area contributed by atoms with Crippen LogP contribution in [0.4, 0.5) is 4.79 Å². The van der Waals surface area contributed by atoms with Crippen LogP contribution < -0.4 is 9.47 Å². The second-order valence-corrected chi connectivity index (χ2v) is 6.37. The fraction of sp³-hybridized carbons (Fsp3) is 0.529. The van der Waals surface area contributed by atoms with Crippen molar-refractivity contribution in [1.29, 1.82) is 0 Å². The molecule has 126 valence electrons. The van der Waals surface area contributed by atoms with Crippen molar-refractivity contribution in [2.45, 2.75) is 38.9 Å². The number of hydrogen-bond acceptors (Lipinski definition) is 5. The maximum Gasteiger partial charge on any atom is 0.289 e. The van der Waals surface area contributed by atoms with E-state index in [2.05, 4.69) is 0 Å². The van der Waals surface area contributed by atoms with Crippen LogP contribution in [-0.4, -0.2) is 41.1 Å². The molecule has 0 unspecified atom stereocenters. The van der Waals surface area contributed by atoms with Gasteiger partial charge in [-0.1, -0.05) is 24.8 Å². The van der Waals surface area contributed by atoms with Crippen LogP contribution in [0.5, 0.6) is 11.5 Å². The van der Waals surface area contributed by atoms with E-state index in [1.54, 1.807) is 0 Å². The summed E-state index contributed by atoms with van der Waals surface area (Å²) in [7, 11) is 0. The van der Waals surface area contributed by atoms with Gasteiger partial charge in [0, 0.05) is 6.54 Å². The van der Waals surface area contributed by atoms with Crippen LogP contribution in [0.1, 0.15) is 32.8 Å². The van der Waals surface area contributed by atoms with Crippen molar-refractivity contribution in [2.24, 2.45) is 0 Å². The summed E-state index contributed by atoms with van der Waals surface area (Å²) in [6, 6.07) is 5.68. The predicted octanol–water partition coefficient (Wildman–Crippen LogP) is 3.50. The number of imide groups is 1. The summed E-state index contributed by atoms with van der Waals surface area (Å²) in [6.07, 6.45) is 1.30. The van der Waals surface area contributed by atoms with Crippen molar-refractivity contribution in [2.75, 3.05) is 19.8 Å². The second-order valence-electron chi connectivity index (χ2n) is 5.21. The summed E-state index contributed by atoms with van der Waals surface area (Å²) in [5.74, 6) is 1.29. The SMILES string of the molecule is CCCN1C(=O)S[C@H](Cc2ccc(OCC)c(OCC)c2)C1=O. The van der Waals surface area contributed by atoms with E-state index in [0.717, 1.165) is 23.7 Å². The molecule has 0 aliphatic carbocycles. The minimum absolute atomic E-state index is 0.0892. The quantitative estimate of drug-likeness (QED) is 0.727. The Labute approximate surface area is 141 Å². The third-order valence-electron chi connectivity index (χ3n) is 3.48. The molecule has 23 heavy (non-hydrogen) atoms. The zero-order valence-corrected chi connectivity index (χ0v) is 14.6. The van der Waals surface area contributed by atoms with Crippen molar-refractivity contribution in [3.63, 3.8) is 0 Å². The van der Waals surface area contributed by atoms with Gasteiger partial charge in [-0.25, -0.2) is 0 Å². The van der Waals surface area contributed by atoms with Crippen LogP contribution in [0.15, 0.2) is 18.2 Å². The molecule has 2 rings (SSSR count). The first-order valence-corrected chi connectivity index (χ1v) is 8.89. The Morgan fingerprint density at radius 1 is 1.09 bits per heavy atom. The number of nitrogens with zero attached hydrogens (tertiary/aromatic N) is 1. The zero-order chi connectivity index (χ0) is 16.8. The lowest BCUT2D eigenvalue weighted by Gasteiger charge is -2.14. The van der Waals surface area contributed by atoms with Gasteiger partial charge in [0.15, 0.2) is 11.5 Å². The largest absolute Gasteiger partial charge is 0.490 e. The van der Waals surface area contributed by atoms with Gasteiger partial charge in [-0.15, -0.1) is 0 Å². The number of thioether (sulfide) groups is 1. The molecule has 0 bridgehead atoms. The Kier molecular flexibility index (Phi) is 6.33. The Hall–Kier alpha value is -1.69. The van der Waals surface area contributed by atoms with E-state index in [0.29, 0.717) is 37.7 Å². The van der Waals surface area contributed by atoms with Gasteiger partial charge in [0.2, 0.25) is 5.91 Å². The molecular formula is C17H23NO4S. The molecule has 1 saturated heterocycles. The van der Waals surface area contributed by atoms with Crippen LogP contribution >= 0.6 is 11.8 Å². The Morgan fingerprint density at radius 2 is 1.78 bits per heavy atom. The van der Waals surface area contributed by atoms with E-state index in [9.17, 15) is 9.59 Å². The molecule has 5 nitrogen and oxygen atoms in total. The molecule has 0 saturated carbocycles. The minimum atomic E-state index is -0.346. The van der Waals surface area contributed by atoms with Gasteiger partial charge in [0.1, 0.15) is 0 Å². The second kappa shape index (κ2) is 8.24. The fourth-order valence-corrected chi connectivity index (χ4v) is 3.55. The number of rotatable bonds is 8. The van der Waals surface area contributed by atoms with E-state index in [1.165, 1.54) is 4.90 Å². The van der Waals surface area contributed by atoms with Crippen molar-refractivity contribution < 1.29 is 19.1 Å². The average molecular weight is 337 g/mol. The van der Waals surface area contributed by atoms with Crippen LogP contribution in [-0.2, 0) is 11.2 Å². The Bertz CT molecular complexity index is 576. The van der Waals surface area contributed by atoms with Gasteiger partial charge < -0.3 is 9.47 Å². The highest BCUT2D eigenvalue weighted by Crippen LogP contribution is 2.33. The van der Waals surface area contributed by atoms with E-state index in [4.69, 9.17) is 9.47 Å². The minimum Gasteiger partial charge on any atom is -0.490 e. The molecule has 1 heterocycles. The van der Waals surface area contributed by atoms with Crippen molar-refractivity contribution in [3.05, 3.63) is 23.8 Å². The molecule has 6 heteroatoms. The lowest BCUT2D eigenvalue weighted by Crippen LogP contribution is -2.32. The summed E-state index contributed by atoms with van der Waals surface area (Å²) in [5.41, 5.74) is 0.967. The smallest absolute Gasteiger partial charge is 0.289 e. The zero-order valence-electron chi connectivity index (χ0n) is 13.8. The Balaban J connectivity index is 2.12. The lowest BCUT2D eigenvalue weighted by atomic mass is 10.1. The molecule has 1 aliphatic rings. The highest BCUT2D eigenvalue weighted by Gasteiger charge is 2.38. The first-order chi connectivity index (χ1) is 11.1. The van der Waals surface area contributed by atoms with E-state index in [1.807, 2.05) is 39.0 Å². The number of ether oxygens (including phenoxy) is 2. The van der Waals surface area contributed by atoms with E-state index in [-0.39, 0.29) is 16.4 Å². The standard InChI is InChI=1S/C17H23NO4S/c1-4-9-18-16(19)15(23-17(18)20)11-12-7-8-13(21-5-2)14(10-12)22-6-3/h7-8,10,15H,4-6,9,11H2,1-3H3/t15-/m1/s1. The molecule has 0 radical (unpaired) electrons. The van der Waals surface area contributed by atoms with Crippen LogP contribution in [0, 0.1) is 0 Å². The lowest BCUT2D eigenvalue weighted by molar-refractivity contribution is -0.126. The molecule has 1 fully saturated rings. The molecule has 1 aromatic carbocycles. The number of amides is 2. The topological polar surface area (TPSA) is 55.8 Å². The highest BCUT2D eigenvalue weighted by molar-refractivity contribution is 8.15. The third-order valence-corrected chi connectivity index (χ3v) is 4.56. The molecule has 0 spiro atoms. The molecule has 1 aliphatic heterocycles. The third kappa shape index (κ3) is 4.19. The van der Waals surface area contributed by atoms with Crippen molar-refractivity contribution >= 4 is 22.9 Å². The van der Waals surface area contributed by atoms with Crippen molar-refractivity contribution in [1.82, 2.24) is 4.90 Å². The number of carbonyl (C=O) groups excluding carboxylic acids is 2. The molecule has 2 amide bonds. The van der Waals surface area contributed by atoms with E-state index < -0.39 is 0 Å². The first-order valence-electron chi connectivity index (χ1n) is 8.01. The van der Waals surface area contributed by atoms with Gasteiger partial charge in [0.25, 0.3) is 5.24 Å². The maximum atomic E-state index is 12.3. The van der Waals surface area contributed by atoms with Gasteiger partial charge in [-0.3, -0.25) is 14.5 Å². The number of benzene rings is 1. The summed E-state index contributed by atoms with van der Waals surface area (Å²) in [4.78, 5) is 25.6. The summed E-state index contributed by atoms with van der Waals surface area (Å²) >= 11 is 1.12. The van der Waals surface area contributed by atoms with Gasteiger partial charge in [-0.2, -0.15) is 0 Å². The number of hydrogen-bond donors (Lipinski definition) is 0. The average Bonchev–Trinajstić information content (AvgIpc) is 2.78. The van der Waals surface area contributed by atoms with Crippen LogP contribution in [0.25, 0.3) is 0 Å². The maximum absolute atomic E-state index is 12.3. The van der Waals surface area contributed by atoms with Crippen LogP contribution in [0.2, 0.25) is 0 Å². The monoisotopic (exact) mass is 337 g/mol. The van der Waals surface area contributed by atoms with Gasteiger partial charge in [0.05, 0.1) is 18.5 Å². The number of carbonyl (C=O) groups is 2. The molecule has 1 aromatic rings. The van der Waals surface area contributed by atoms with Crippen molar-refractivity contribution in [3.8, 4) is 11.5 Å². The summed E-state index contributed by atoms with van der Waals surface area (Å²) < 4.78 is 11.2. The normalized spacial score (nSPS) is 17.7.